The first kappa shape index (κ1) is 19.1. The number of nitrogens with zero attached hydrogens (tertiary/aromatic N) is 1. The molecule has 0 unspecified atom stereocenters. The number of nitrogen functional groups attached to an aromatic ring is 1. The third kappa shape index (κ3) is 4.22. The van der Waals surface area contributed by atoms with E-state index in [9.17, 15) is 9.18 Å². The fourth-order valence-electron chi connectivity index (χ4n) is 2.13. The molecule has 0 aliphatic carbocycles. The summed E-state index contributed by atoms with van der Waals surface area (Å²) in [5.74, 6) is -0.751. The number of benzene rings is 2. The molecule has 3 rings (SSSR count). The molecule has 0 saturated heterocycles. The minimum Gasteiger partial charge on any atom is -0.369 e. The molecule has 0 saturated carbocycles. The van der Waals surface area contributed by atoms with Gasteiger partial charge in [0.25, 0.3) is 5.91 Å². The molecular weight excluding hydrogens is 390 g/mol. The first-order valence-electron chi connectivity index (χ1n) is 6.81. The van der Waals surface area contributed by atoms with Crippen LogP contribution in [0.5, 0.6) is 0 Å². The number of aromatic nitrogens is 2. The van der Waals surface area contributed by atoms with Crippen LogP contribution in [0.2, 0.25) is 10.0 Å². The first-order chi connectivity index (χ1) is 11.4. The predicted molar refractivity (Wildman–Crippen MR) is 100 cm³/mol. The summed E-state index contributed by atoms with van der Waals surface area (Å²) in [5.41, 5.74) is 6.85. The number of hydrogen-bond donors (Lipinski definition) is 3. The second-order valence-corrected chi connectivity index (χ2v) is 5.77. The van der Waals surface area contributed by atoms with Crippen molar-refractivity contribution in [3.63, 3.8) is 0 Å². The van der Waals surface area contributed by atoms with Gasteiger partial charge in [-0.25, -0.2) is 9.37 Å². The van der Waals surface area contributed by atoms with Crippen molar-refractivity contribution in [1.82, 2.24) is 9.97 Å². The summed E-state index contributed by atoms with van der Waals surface area (Å²) in [6, 6.07) is 8.80. The Kier molecular flexibility index (Phi) is 5.89. The van der Waals surface area contributed by atoms with Crippen LogP contribution in [-0.4, -0.2) is 15.9 Å². The van der Waals surface area contributed by atoms with Crippen molar-refractivity contribution in [1.29, 1.82) is 0 Å². The summed E-state index contributed by atoms with van der Waals surface area (Å²) >= 11 is 11.7. The van der Waals surface area contributed by atoms with Gasteiger partial charge in [-0.05, 0) is 36.4 Å². The second-order valence-electron chi connectivity index (χ2n) is 4.96. The van der Waals surface area contributed by atoms with Gasteiger partial charge in [0.1, 0.15) is 5.82 Å². The molecule has 5 nitrogen and oxygen atoms in total. The molecule has 0 aliphatic rings. The zero-order valence-corrected chi connectivity index (χ0v) is 14.8. The molecule has 1 amide bonds. The van der Waals surface area contributed by atoms with Crippen molar-refractivity contribution < 1.29 is 9.18 Å². The third-order valence-corrected chi connectivity index (χ3v) is 4.03. The number of halogens is 4. The van der Waals surface area contributed by atoms with E-state index in [-0.39, 0.29) is 23.4 Å². The van der Waals surface area contributed by atoms with Crippen LogP contribution in [0.1, 0.15) is 10.4 Å². The number of aromatic amines is 1. The van der Waals surface area contributed by atoms with Gasteiger partial charge in [0.05, 0.1) is 21.9 Å². The van der Waals surface area contributed by atoms with Crippen LogP contribution < -0.4 is 11.1 Å². The Labute approximate surface area is 158 Å². The molecule has 9 heteroatoms. The van der Waals surface area contributed by atoms with Crippen LogP contribution in [0, 0.1) is 5.82 Å². The van der Waals surface area contributed by atoms with Crippen LogP contribution >= 0.6 is 35.6 Å². The van der Waals surface area contributed by atoms with Gasteiger partial charge in [-0.1, -0.05) is 23.2 Å². The van der Waals surface area contributed by atoms with E-state index in [0.717, 1.165) is 0 Å². The number of H-pyrrole nitrogens is 1. The van der Waals surface area contributed by atoms with E-state index in [0.29, 0.717) is 27.5 Å². The molecule has 0 atom stereocenters. The number of amides is 1. The molecule has 0 fully saturated rings. The van der Waals surface area contributed by atoms with Crippen molar-refractivity contribution in [2.24, 2.45) is 0 Å². The molecule has 0 aliphatic heterocycles. The zero-order valence-electron chi connectivity index (χ0n) is 12.5. The van der Waals surface area contributed by atoms with Crippen LogP contribution in [0.25, 0.3) is 11.3 Å². The Morgan fingerprint density at radius 2 is 1.92 bits per heavy atom. The number of carbonyl (C=O) groups excluding carboxylic acids is 1. The molecule has 3 aromatic rings. The maximum absolute atomic E-state index is 14.2. The molecule has 0 bridgehead atoms. The number of anilines is 2. The van der Waals surface area contributed by atoms with Crippen molar-refractivity contribution in [3.05, 3.63) is 64.0 Å². The minimum absolute atomic E-state index is 0. The van der Waals surface area contributed by atoms with Gasteiger partial charge in [-0.3, -0.25) is 4.79 Å². The maximum atomic E-state index is 14.2. The first-order valence-corrected chi connectivity index (χ1v) is 7.56. The minimum atomic E-state index is -0.523. The van der Waals surface area contributed by atoms with Crippen molar-refractivity contribution >= 4 is 53.2 Å². The number of hydrogen-bond acceptors (Lipinski definition) is 3. The molecule has 0 spiro atoms. The van der Waals surface area contributed by atoms with E-state index >= 15 is 0 Å². The number of nitrogens with two attached hydrogens (primary N) is 1. The standard InChI is InChI=1S/C16H11Cl2FN4O.ClH/c17-11-4-1-8(5-12(11)18)15(24)22-9-2-3-10(13(19)6-9)14-7-21-16(20)23-14;/h1-7H,(H,22,24)(H3,20,21,23);1H. The summed E-state index contributed by atoms with van der Waals surface area (Å²) in [4.78, 5) is 18.7. The Balaban J connectivity index is 0.00000225. The SMILES string of the molecule is Cl.Nc1ncc(-c2ccc(NC(=O)c3ccc(Cl)c(Cl)c3)cc2F)[nH]1. The summed E-state index contributed by atoms with van der Waals surface area (Å²) in [5, 5.41) is 3.21. The smallest absolute Gasteiger partial charge is 0.255 e. The Hall–Kier alpha value is -2.28. The van der Waals surface area contributed by atoms with Gasteiger partial charge in [0.2, 0.25) is 0 Å². The quantitative estimate of drug-likeness (QED) is 0.590. The average Bonchev–Trinajstić information content (AvgIpc) is 2.96. The van der Waals surface area contributed by atoms with E-state index in [2.05, 4.69) is 15.3 Å². The fourth-order valence-corrected chi connectivity index (χ4v) is 2.42. The van der Waals surface area contributed by atoms with Crippen molar-refractivity contribution in [2.45, 2.75) is 0 Å². The summed E-state index contributed by atoms with van der Waals surface area (Å²) < 4.78 is 14.2. The Morgan fingerprint density at radius 3 is 2.52 bits per heavy atom. The normalized spacial score (nSPS) is 10.2. The highest BCUT2D eigenvalue weighted by Crippen LogP contribution is 2.26. The van der Waals surface area contributed by atoms with Crippen molar-refractivity contribution in [3.8, 4) is 11.3 Å². The van der Waals surface area contributed by atoms with Gasteiger partial charge < -0.3 is 16.0 Å². The Morgan fingerprint density at radius 1 is 1.16 bits per heavy atom. The largest absolute Gasteiger partial charge is 0.369 e. The fraction of sp³-hybridized carbons (Fsp3) is 0. The molecule has 0 radical (unpaired) electrons. The van der Waals surface area contributed by atoms with E-state index < -0.39 is 11.7 Å². The highest BCUT2D eigenvalue weighted by molar-refractivity contribution is 6.42. The number of rotatable bonds is 3. The summed E-state index contributed by atoms with van der Waals surface area (Å²) in [7, 11) is 0. The average molecular weight is 402 g/mol. The van der Waals surface area contributed by atoms with Gasteiger partial charge in [0, 0.05) is 16.8 Å². The lowest BCUT2D eigenvalue weighted by Crippen LogP contribution is -2.12. The predicted octanol–water partition coefficient (Wildman–Crippen LogP) is 4.78. The van der Waals surface area contributed by atoms with Gasteiger partial charge in [0.15, 0.2) is 5.95 Å². The van der Waals surface area contributed by atoms with Gasteiger partial charge >= 0.3 is 0 Å². The third-order valence-electron chi connectivity index (χ3n) is 3.29. The number of carbonyl (C=O) groups is 1. The topological polar surface area (TPSA) is 83.8 Å². The molecule has 130 valence electrons. The van der Waals surface area contributed by atoms with E-state index in [1.54, 1.807) is 6.07 Å². The van der Waals surface area contributed by atoms with E-state index in [1.165, 1.54) is 36.5 Å². The lowest BCUT2D eigenvalue weighted by molar-refractivity contribution is 0.102. The molecule has 1 aromatic heterocycles. The lowest BCUT2D eigenvalue weighted by Gasteiger charge is -2.08. The number of nitrogens with one attached hydrogen (secondary N) is 2. The molecule has 25 heavy (non-hydrogen) atoms. The highest BCUT2D eigenvalue weighted by atomic mass is 35.5. The van der Waals surface area contributed by atoms with Crippen molar-refractivity contribution in [2.75, 3.05) is 11.1 Å². The number of imidazole rings is 1. The Bertz CT molecular complexity index is 929. The summed E-state index contributed by atoms with van der Waals surface area (Å²) in [6.45, 7) is 0. The van der Waals surface area contributed by atoms with Gasteiger partial charge in [-0.15, -0.1) is 12.4 Å². The molecule has 4 N–H and O–H groups in total. The monoisotopic (exact) mass is 400 g/mol. The highest BCUT2D eigenvalue weighted by Gasteiger charge is 2.12. The van der Waals surface area contributed by atoms with E-state index in [4.69, 9.17) is 28.9 Å². The molecule has 1 heterocycles. The zero-order chi connectivity index (χ0) is 17.3. The molecule has 2 aromatic carbocycles. The van der Waals surface area contributed by atoms with Crippen LogP contribution in [0.4, 0.5) is 16.0 Å². The summed E-state index contributed by atoms with van der Waals surface area (Å²) in [6.07, 6.45) is 1.43. The van der Waals surface area contributed by atoms with Crippen LogP contribution in [0.15, 0.2) is 42.6 Å². The van der Waals surface area contributed by atoms with Crippen LogP contribution in [-0.2, 0) is 0 Å². The van der Waals surface area contributed by atoms with E-state index in [1.807, 2.05) is 0 Å². The molecular formula is C16H12Cl3FN4O. The second kappa shape index (κ2) is 7.74. The lowest BCUT2D eigenvalue weighted by atomic mass is 10.1. The maximum Gasteiger partial charge on any atom is 0.255 e. The van der Waals surface area contributed by atoms with Gasteiger partial charge in [-0.2, -0.15) is 0 Å². The van der Waals surface area contributed by atoms with Crippen LogP contribution in [0.3, 0.4) is 0 Å².